The molecular weight excluding hydrogens is 433 g/mol. The van der Waals surface area contributed by atoms with E-state index in [1.807, 2.05) is 0 Å². The van der Waals surface area contributed by atoms with Crippen molar-refractivity contribution in [3.63, 3.8) is 0 Å². The number of anilines is 1. The topological polar surface area (TPSA) is 101 Å². The number of rotatable bonds is 6. The van der Waals surface area contributed by atoms with Crippen molar-refractivity contribution in [2.24, 2.45) is 0 Å². The summed E-state index contributed by atoms with van der Waals surface area (Å²) in [6, 6.07) is 11.9. The summed E-state index contributed by atoms with van der Waals surface area (Å²) >= 11 is -2.54. The second kappa shape index (κ2) is 9.04. The van der Waals surface area contributed by atoms with Gasteiger partial charge in [-0.05, 0) is 59.7 Å². The molecule has 10 heteroatoms. The third-order valence-electron chi connectivity index (χ3n) is 4.77. The number of alkyl halides is 3. The molecule has 1 amide bonds. The van der Waals surface area contributed by atoms with Crippen molar-refractivity contribution in [3.8, 4) is 0 Å². The maximum Gasteiger partial charge on any atom is 0.416 e. The van der Waals surface area contributed by atoms with Crippen LogP contribution in [0, 0.1) is 0 Å². The van der Waals surface area contributed by atoms with Crippen molar-refractivity contribution in [1.82, 2.24) is 5.32 Å². The van der Waals surface area contributed by atoms with Crippen molar-refractivity contribution in [3.05, 3.63) is 76.9 Å². The number of nitrogens with one attached hydrogen (secondary N) is 2. The third-order valence-corrected chi connectivity index (χ3v) is 5.16. The van der Waals surface area contributed by atoms with E-state index in [9.17, 15) is 31.8 Å². The second-order valence-electron chi connectivity index (χ2n) is 6.88. The third kappa shape index (κ3) is 5.40. The fourth-order valence-corrected chi connectivity index (χ4v) is 3.51. The lowest BCUT2D eigenvalue weighted by molar-refractivity contribution is -0.137. The van der Waals surface area contributed by atoms with Gasteiger partial charge >= 0.3 is 6.18 Å². The van der Waals surface area contributed by atoms with Crippen LogP contribution >= 0.6 is 0 Å². The highest BCUT2D eigenvalue weighted by Crippen LogP contribution is 2.31. The van der Waals surface area contributed by atoms with Gasteiger partial charge in [0, 0.05) is 22.4 Å². The first-order chi connectivity index (χ1) is 14.6. The quantitative estimate of drug-likeness (QED) is 0.492. The summed E-state index contributed by atoms with van der Waals surface area (Å²) in [5, 5.41) is 13.1. The van der Waals surface area contributed by atoms with E-state index >= 15 is 0 Å². The lowest BCUT2D eigenvalue weighted by Crippen LogP contribution is -2.26. The van der Waals surface area contributed by atoms with Crippen molar-refractivity contribution < 1.29 is 31.8 Å². The number of carbonyl (C=O) groups excluding carboxylic acids is 1. The largest absolute Gasteiger partial charge is 0.755 e. The van der Waals surface area contributed by atoms with E-state index in [1.54, 1.807) is 19.1 Å². The Morgan fingerprint density at radius 1 is 1.10 bits per heavy atom. The molecule has 3 rings (SSSR count). The molecule has 0 aliphatic carbocycles. The van der Waals surface area contributed by atoms with E-state index in [0.717, 1.165) is 12.1 Å². The zero-order valence-electron chi connectivity index (χ0n) is 16.2. The molecule has 0 saturated carbocycles. The monoisotopic (exact) mass is 451 g/mol. The summed E-state index contributed by atoms with van der Waals surface area (Å²) < 4.78 is 62.4. The van der Waals surface area contributed by atoms with Crippen LogP contribution in [0.4, 0.5) is 18.9 Å². The second-order valence-corrected chi connectivity index (χ2v) is 7.55. The number of carbonyl (C=O) groups is 1. The van der Waals surface area contributed by atoms with Crippen molar-refractivity contribution in [2.75, 3.05) is 4.72 Å². The summed E-state index contributed by atoms with van der Waals surface area (Å²) in [4.78, 5) is 12.6. The summed E-state index contributed by atoms with van der Waals surface area (Å²) in [5.41, 5.74) is 0.723. The minimum absolute atomic E-state index is 0.228. The van der Waals surface area contributed by atoms with Gasteiger partial charge in [0.05, 0.1) is 23.9 Å². The molecule has 3 aromatic carbocycles. The minimum Gasteiger partial charge on any atom is -0.755 e. The number of fused-ring (bicyclic) bond motifs is 1. The van der Waals surface area contributed by atoms with Crippen molar-refractivity contribution >= 4 is 33.6 Å². The van der Waals surface area contributed by atoms with Crippen LogP contribution in [0.15, 0.2) is 54.6 Å². The van der Waals surface area contributed by atoms with Gasteiger partial charge in [-0.2, -0.15) is 13.2 Å². The van der Waals surface area contributed by atoms with E-state index in [1.165, 1.54) is 30.3 Å². The number of hydrogen-bond acceptors (Lipinski definition) is 4. The number of benzene rings is 3. The number of halogens is 3. The Kier molecular flexibility index (Phi) is 6.63. The van der Waals surface area contributed by atoms with Crippen LogP contribution in [0.5, 0.6) is 0 Å². The van der Waals surface area contributed by atoms with Crippen LogP contribution in [-0.2, 0) is 24.0 Å². The molecule has 0 aliphatic rings. The molecule has 2 atom stereocenters. The van der Waals surface area contributed by atoms with Gasteiger partial charge in [-0.25, -0.2) is 0 Å². The van der Waals surface area contributed by atoms with Gasteiger partial charge in [-0.15, -0.1) is 0 Å². The number of aliphatic hydroxyl groups is 1. The van der Waals surface area contributed by atoms with Gasteiger partial charge in [0.25, 0.3) is 5.91 Å². The summed E-state index contributed by atoms with van der Waals surface area (Å²) in [7, 11) is 0. The Morgan fingerprint density at radius 2 is 1.77 bits per heavy atom. The van der Waals surface area contributed by atoms with Gasteiger partial charge in [-0.1, -0.05) is 18.2 Å². The molecule has 0 spiro atoms. The van der Waals surface area contributed by atoms with Gasteiger partial charge in [0.1, 0.15) is 0 Å². The molecule has 1 unspecified atom stereocenters. The van der Waals surface area contributed by atoms with E-state index in [2.05, 4.69) is 10.0 Å². The Labute approximate surface area is 178 Å². The van der Waals surface area contributed by atoms with E-state index in [4.69, 9.17) is 0 Å². The molecular formula is C21H18F3N2O4S-. The zero-order chi connectivity index (χ0) is 22.8. The molecule has 0 heterocycles. The van der Waals surface area contributed by atoms with Crippen LogP contribution in [-0.4, -0.2) is 19.8 Å². The minimum atomic E-state index is -4.44. The lowest BCUT2D eigenvalue weighted by atomic mass is 10.0. The van der Waals surface area contributed by atoms with E-state index in [0.29, 0.717) is 21.9 Å². The maximum absolute atomic E-state index is 12.9. The fraction of sp³-hybridized carbons (Fsp3) is 0.190. The maximum atomic E-state index is 12.9. The van der Waals surface area contributed by atoms with Crippen LogP contribution in [0.2, 0.25) is 0 Å². The molecule has 6 nitrogen and oxygen atoms in total. The summed E-state index contributed by atoms with van der Waals surface area (Å²) in [6.45, 7) is 1.31. The highest BCUT2D eigenvalue weighted by molar-refractivity contribution is 7.80. The fourth-order valence-electron chi connectivity index (χ4n) is 3.13. The molecule has 0 saturated heterocycles. The number of amides is 1. The van der Waals surface area contributed by atoms with Crippen LogP contribution in [0.1, 0.15) is 40.0 Å². The summed E-state index contributed by atoms with van der Waals surface area (Å²) in [5.74, 6) is -0.428. The predicted octanol–water partition coefficient (Wildman–Crippen LogP) is 4.05. The highest BCUT2D eigenvalue weighted by Gasteiger charge is 2.30. The molecule has 3 N–H and O–H groups in total. The van der Waals surface area contributed by atoms with Crippen molar-refractivity contribution in [2.45, 2.75) is 25.7 Å². The van der Waals surface area contributed by atoms with Gasteiger partial charge in [0.15, 0.2) is 0 Å². The Bertz CT molecular complexity index is 1150. The first-order valence-electron chi connectivity index (χ1n) is 9.10. The Morgan fingerprint density at radius 3 is 2.42 bits per heavy atom. The number of aliphatic hydroxyl groups excluding tert-OH is 1. The van der Waals surface area contributed by atoms with Crippen LogP contribution < -0.4 is 10.0 Å². The van der Waals surface area contributed by atoms with Crippen molar-refractivity contribution in [1.29, 1.82) is 0 Å². The zero-order valence-corrected chi connectivity index (χ0v) is 17.0. The van der Waals surface area contributed by atoms with E-state index < -0.39 is 41.6 Å². The van der Waals surface area contributed by atoms with Crippen LogP contribution in [0.25, 0.3) is 10.8 Å². The average Bonchev–Trinajstić information content (AvgIpc) is 2.72. The van der Waals surface area contributed by atoms with Gasteiger partial charge in [0.2, 0.25) is 0 Å². The molecule has 31 heavy (non-hydrogen) atoms. The molecule has 0 aliphatic heterocycles. The normalized spacial score (nSPS) is 13.6. The first kappa shape index (κ1) is 22.7. The van der Waals surface area contributed by atoms with Crippen LogP contribution in [0.3, 0.4) is 0 Å². The Balaban J connectivity index is 1.79. The summed E-state index contributed by atoms with van der Waals surface area (Å²) in [6.07, 6.45) is -4.44. The SMILES string of the molecule is C[C@@H](NC(=O)c1ccc2cc(C(F)(F)F)ccc2c1)c1ccc(NS(=O)[O-])c(CO)c1. The Hall–Kier alpha value is -2.95. The van der Waals surface area contributed by atoms with Gasteiger partial charge in [-0.3, -0.25) is 9.00 Å². The smallest absolute Gasteiger partial charge is 0.416 e. The highest BCUT2D eigenvalue weighted by atomic mass is 32.2. The molecule has 0 radical (unpaired) electrons. The molecule has 0 fully saturated rings. The number of hydrogen-bond donors (Lipinski definition) is 3. The molecule has 0 aromatic heterocycles. The lowest BCUT2D eigenvalue weighted by Gasteiger charge is -2.18. The van der Waals surface area contributed by atoms with E-state index in [-0.39, 0.29) is 11.3 Å². The predicted molar refractivity (Wildman–Crippen MR) is 110 cm³/mol. The molecule has 3 aromatic rings. The van der Waals surface area contributed by atoms with Gasteiger partial charge < -0.3 is 19.7 Å². The average molecular weight is 451 g/mol. The molecule has 0 bridgehead atoms. The standard InChI is InChI=1S/C21H19F3N2O4S/c1-12(13-5-7-19(26-31(29)30)17(8-13)11-27)25-20(28)16-3-2-15-10-18(21(22,23)24)6-4-14(15)9-16/h2-10,12,26-27H,11H2,1H3,(H,25,28)(H,29,30)/p-1/t12-/m1/s1. The molecule has 164 valence electrons. The first-order valence-corrected chi connectivity index (χ1v) is 10.2.